The number of anilines is 1. The first-order valence-corrected chi connectivity index (χ1v) is 9.51. The maximum absolute atomic E-state index is 11.5. The Morgan fingerprint density at radius 3 is 2.71 bits per heavy atom. The zero-order valence-electron chi connectivity index (χ0n) is 16.3. The third kappa shape index (κ3) is 4.31. The Bertz CT molecular complexity index is 1030. The lowest BCUT2D eigenvalue weighted by molar-refractivity contribution is -0.119. The predicted octanol–water partition coefficient (Wildman–Crippen LogP) is 4.85. The lowest BCUT2D eigenvalue weighted by Crippen LogP contribution is -2.33. The Balaban J connectivity index is 1.93. The molecule has 0 saturated heterocycles. The number of methoxy groups -OCH3 is 1. The monoisotopic (exact) mass is 397 g/mol. The second-order valence-electron chi connectivity index (χ2n) is 6.67. The highest BCUT2D eigenvalue weighted by molar-refractivity contribution is 7.80. The van der Waals surface area contributed by atoms with Gasteiger partial charge in [-0.2, -0.15) is 0 Å². The lowest BCUT2D eigenvalue weighted by Gasteiger charge is -2.13. The third-order valence-corrected chi connectivity index (χ3v) is 4.55. The quantitative estimate of drug-likeness (QED) is 0.600. The molecule has 0 saturated carbocycles. The van der Waals surface area contributed by atoms with Crippen molar-refractivity contribution in [2.75, 3.05) is 12.4 Å². The topological polar surface area (TPSA) is 76.4 Å². The summed E-state index contributed by atoms with van der Waals surface area (Å²) in [5, 5.41) is 5.82. The molecule has 0 atom stereocenters. The van der Waals surface area contributed by atoms with Crippen molar-refractivity contribution in [1.82, 2.24) is 10.3 Å². The van der Waals surface area contributed by atoms with Crippen molar-refractivity contribution in [2.24, 2.45) is 0 Å². The molecule has 0 unspecified atom stereocenters. The number of hydrogen-bond acceptors (Lipinski definition) is 5. The number of ether oxygens (including phenoxy) is 1. The van der Waals surface area contributed by atoms with Gasteiger partial charge in [-0.25, -0.2) is 4.98 Å². The average Bonchev–Trinajstić information content (AvgIpc) is 3.10. The molecule has 2 N–H and O–H groups in total. The van der Waals surface area contributed by atoms with Crippen molar-refractivity contribution in [3.63, 3.8) is 0 Å². The van der Waals surface area contributed by atoms with Crippen molar-refractivity contribution < 1.29 is 13.9 Å². The van der Waals surface area contributed by atoms with Gasteiger partial charge in [-0.1, -0.05) is 26.8 Å². The number of amides is 1. The standard InChI is InChI=1S/C21H23N3O3S/c1-5-19(25)24-21(28)23-15-11-14(7-8-17(15)26-4)20-22-16-10-13(12(2)3)6-9-18(16)27-20/h6-12H,5H2,1-4H3,(H2,23,24,25,28). The van der Waals surface area contributed by atoms with Crippen molar-refractivity contribution in [1.29, 1.82) is 0 Å². The van der Waals surface area contributed by atoms with Gasteiger partial charge in [0.05, 0.1) is 12.8 Å². The first kappa shape index (κ1) is 19.8. The molecule has 0 aliphatic heterocycles. The second kappa shape index (κ2) is 8.39. The molecule has 3 aromatic rings. The third-order valence-electron chi connectivity index (χ3n) is 4.35. The summed E-state index contributed by atoms with van der Waals surface area (Å²) in [5.41, 5.74) is 4.15. The molecule has 1 aromatic heterocycles. The van der Waals surface area contributed by atoms with Crippen LogP contribution in [0.2, 0.25) is 0 Å². The first-order valence-electron chi connectivity index (χ1n) is 9.11. The molecule has 0 aliphatic rings. The van der Waals surface area contributed by atoms with Crippen LogP contribution in [0.1, 0.15) is 38.7 Å². The summed E-state index contributed by atoms with van der Waals surface area (Å²) in [5.74, 6) is 1.35. The molecular formula is C21H23N3O3S. The maximum Gasteiger partial charge on any atom is 0.227 e. The second-order valence-corrected chi connectivity index (χ2v) is 7.08. The highest BCUT2D eigenvalue weighted by atomic mass is 32.1. The van der Waals surface area contributed by atoms with Gasteiger partial charge in [-0.15, -0.1) is 0 Å². The predicted molar refractivity (Wildman–Crippen MR) is 115 cm³/mol. The van der Waals surface area contributed by atoms with Crippen LogP contribution in [0.4, 0.5) is 5.69 Å². The van der Waals surface area contributed by atoms with Crippen LogP contribution >= 0.6 is 12.2 Å². The van der Waals surface area contributed by atoms with E-state index in [2.05, 4.69) is 35.5 Å². The fraction of sp³-hybridized carbons (Fsp3) is 0.286. The number of nitrogens with zero attached hydrogens (tertiary/aromatic N) is 1. The van der Waals surface area contributed by atoms with E-state index in [0.717, 1.165) is 16.7 Å². The Labute approximate surface area is 169 Å². The zero-order chi connectivity index (χ0) is 20.3. The number of carbonyl (C=O) groups excluding carboxylic acids is 1. The van der Waals surface area contributed by atoms with Gasteiger partial charge in [-0.05, 0) is 54.0 Å². The minimum absolute atomic E-state index is 0.160. The molecule has 1 heterocycles. The summed E-state index contributed by atoms with van der Waals surface area (Å²) in [6.07, 6.45) is 0.347. The van der Waals surface area contributed by atoms with Gasteiger partial charge in [0.25, 0.3) is 0 Å². The summed E-state index contributed by atoms with van der Waals surface area (Å²) in [7, 11) is 1.57. The molecule has 0 aliphatic carbocycles. The van der Waals surface area contributed by atoms with E-state index in [9.17, 15) is 4.79 Å². The number of oxazole rings is 1. The summed E-state index contributed by atoms with van der Waals surface area (Å²) in [4.78, 5) is 16.2. The van der Waals surface area contributed by atoms with E-state index in [1.807, 2.05) is 24.3 Å². The van der Waals surface area contributed by atoms with Gasteiger partial charge in [0, 0.05) is 12.0 Å². The highest BCUT2D eigenvalue weighted by Gasteiger charge is 2.14. The first-order chi connectivity index (χ1) is 13.4. The SMILES string of the molecule is CCC(=O)NC(=S)Nc1cc(-c2nc3cc(C(C)C)ccc3o2)ccc1OC. The van der Waals surface area contributed by atoms with Crippen LogP contribution in [0, 0.1) is 0 Å². The van der Waals surface area contributed by atoms with Gasteiger partial charge >= 0.3 is 0 Å². The van der Waals surface area contributed by atoms with Crippen LogP contribution in [0.5, 0.6) is 5.75 Å². The van der Waals surface area contributed by atoms with Gasteiger partial charge in [0.15, 0.2) is 10.7 Å². The van der Waals surface area contributed by atoms with Crippen LogP contribution in [0.15, 0.2) is 40.8 Å². The Kier molecular flexibility index (Phi) is 5.94. The maximum atomic E-state index is 11.5. The van der Waals surface area contributed by atoms with E-state index in [1.165, 1.54) is 5.56 Å². The normalized spacial score (nSPS) is 10.9. The van der Waals surface area contributed by atoms with Crippen LogP contribution < -0.4 is 15.4 Å². The number of carbonyl (C=O) groups is 1. The van der Waals surface area contributed by atoms with Crippen LogP contribution in [0.25, 0.3) is 22.6 Å². The van der Waals surface area contributed by atoms with E-state index in [0.29, 0.717) is 29.7 Å². The van der Waals surface area contributed by atoms with Crippen molar-refractivity contribution in [2.45, 2.75) is 33.1 Å². The van der Waals surface area contributed by atoms with E-state index in [1.54, 1.807) is 20.1 Å². The van der Waals surface area contributed by atoms with Crippen molar-refractivity contribution >= 4 is 40.0 Å². The molecular weight excluding hydrogens is 374 g/mol. The summed E-state index contributed by atoms with van der Waals surface area (Å²) in [6, 6.07) is 11.5. The minimum Gasteiger partial charge on any atom is -0.495 e. The fourth-order valence-corrected chi connectivity index (χ4v) is 2.96. The number of benzene rings is 2. The molecule has 0 spiro atoms. The van der Waals surface area contributed by atoms with Gasteiger partial charge in [-0.3, -0.25) is 4.79 Å². The molecule has 1 amide bonds. The Morgan fingerprint density at radius 1 is 1.25 bits per heavy atom. The number of thiocarbonyl (C=S) groups is 1. The molecule has 7 heteroatoms. The lowest BCUT2D eigenvalue weighted by atomic mass is 10.0. The van der Waals surface area contributed by atoms with E-state index >= 15 is 0 Å². The zero-order valence-corrected chi connectivity index (χ0v) is 17.1. The number of fused-ring (bicyclic) bond motifs is 1. The van der Waals surface area contributed by atoms with Crippen LogP contribution in [0.3, 0.4) is 0 Å². The van der Waals surface area contributed by atoms with E-state index < -0.39 is 0 Å². The summed E-state index contributed by atoms with van der Waals surface area (Å²) < 4.78 is 11.3. The molecule has 146 valence electrons. The summed E-state index contributed by atoms with van der Waals surface area (Å²) in [6.45, 7) is 6.05. The van der Waals surface area contributed by atoms with Crippen LogP contribution in [-0.2, 0) is 4.79 Å². The molecule has 2 aromatic carbocycles. The minimum atomic E-state index is -0.160. The smallest absolute Gasteiger partial charge is 0.227 e. The average molecular weight is 398 g/mol. The number of rotatable bonds is 5. The Hall–Kier alpha value is -2.93. The summed E-state index contributed by atoms with van der Waals surface area (Å²) >= 11 is 5.20. The number of nitrogens with one attached hydrogen (secondary N) is 2. The van der Waals surface area contributed by atoms with Crippen molar-refractivity contribution in [3.05, 3.63) is 42.0 Å². The number of hydrogen-bond donors (Lipinski definition) is 2. The molecule has 6 nitrogen and oxygen atoms in total. The van der Waals surface area contributed by atoms with Gasteiger partial charge < -0.3 is 19.8 Å². The van der Waals surface area contributed by atoms with E-state index in [4.69, 9.17) is 21.4 Å². The molecule has 0 radical (unpaired) electrons. The van der Waals surface area contributed by atoms with E-state index in [-0.39, 0.29) is 11.0 Å². The molecule has 0 bridgehead atoms. The number of aromatic nitrogens is 1. The molecule has 0 fully saturated rings. The fourth-order valence-electron chi connectivity index (χ4n) is 2.73. The van der Waals surface area contributed by atoms with Crippen LogP contribution in [-0.4, -0.2) is 23.1 Å². The van der Waals surface area contributed by atoms with Gasteiger partial charge in [0.1, 0.15) is 11.3 Å². The molecule has 28 heavy (non-hydrogen) atoms. The Morgan fingerprint density at radius 2 is 2.04 bits per heavy atom. The van der Waals surface area contributed by atoms with Crippen molar-refractivity contribution in [3.8, 4) is 17.2 Å². The molecule has 3 rings (SSSR count). The van der Waals surface area contributed by atoms with Gasteiger partial charge in [0.2, 0.25) is 11.8 Å². The highest BCUT2D eigenvalue weighted by Crippen LogP contribution is 2.32. The largest absolute Gasteiger partial charge is 0.495 e.